The highest BCUT2D eigenvalue weighted by molar-refractivity contribution is 7.13. The molecule has 0 N–H and O–H groups in total. The minimum atomic E-state index is -3.63. The van der Waals surface area contributed by atoms with E-state index in [2.05, 4.69) is 10.2 Å². The molecule has 0 spiro atoms. The van der Waals surface area contributed by atoms with E-state index in [1.165, 1.54) is 29.2 Å². The van der Waals surface area contributed by atoms with Crippen molar-refractivity contribution in [3.8, 4) is 5.19 Å². The molecule has 0 saturated heterocycles. The highest BCUT2D eigenvalue weighted by Gasteiger charge is 2.33. The zero-order valence-corrected chi connectivity index (χ0v) is 14.1. The van der Waals surface area contributed by atoms with Gasteiger partial charge in [-0.05, 0) is 42.3 Å². The van der Waals surface area contributed by atoms with E-state index in [1.54, 1.807) is 0 Å². The van der Waals surface area contributed by atoms with Crippen LogP contribution in [0.25, 0.3) is 0 Å². The molecule has 24 heavy (non-hydrogen) atoms. The van der Waals surface area contributed by atoms with Gasteiger partial charge in [-0.1, -0.05) is 23.4 Å². The van der Waals surface area contributed by atoms with Gasteiger partial charge in [0.2, 0.25) is 5.01 Å². The molecule has 0 aliphatic carbocycles. The summed E-state index contributed by atoms with van der Waals surface area (Å²) < 4.78 is 43.8. The molecule has 1 aromatic carbocycles. The van der Waals surface area contributed by atoms with Crippen molar-refractivity contribution >= 4 is 34.5 Å². The predicted octanol–water partition coefficient (Wildman–Crippen LogP) is 3.79. The molecule has 0 aliphatic rings. The number of anilines is 1. The average Bonchev–Trinajstić information content (AvgIpc) is 3.00. The summed E-state index contributed by atoms with van der Waals surface area (Å²) in [5, 5.41) is 2.08. The summed E-state index contributed by atoms with van der Waals surface area (Å²) in [5.41, 5.74) is 0.511. The largest absolute Gasteiger partial charge is 0.459 e. The van der Waals surface area contributed by atoms with E-state index >= 15 is 0 Å². The normalized spacial score (nSPS) is 11.4. The van der Waals surface area contributed by atoms with Gasteiger partial charge in [-0.15, -0.1) is 5.10 Å². The maximum Gasteiger partial charge on any atom is 0.376 e. The van der Waals surface area contributed by atoms with Gasteiger partial charge in [-0.3, -0.25) is 4.79 Å². The topological polar surface area (TPSA) is 55.3 Å². The first kappa shape index (κ1) is 18.5. The number of nitrogens with zero attached hydrogens (tertiary/aromatic N) is 3. The zero-order chi connectivity index (χ0) is 17.7. The fourth-order valence-corrected chi connectivity index (χ4v) is 2.54. The second kappa shape index (κ2) is 7.80. The third-order valence-electron chi connectivity index (χ3n) is 2.85. The third-order valence-corrected chi connectivity index (χ3v) is 4.05. The first-order chi connectivity index (χ1) is 11.3. The van der Waals surface area contributed by atoms with E-state index in [0.717, 1.165) is 0 Å². The van der Waals surface area contributed by atoms with Gasteiger partial charge in [0.15, 0.2) is 6.61 Å². The van der Waals surface area contributed by atoms with Gasteiger partial charge in [0.1, 0.15) is 5.82 Å². The Balaban J connectivity index is 2.03. The molecular formula is C14H13ClF3N3O2S. The predicted molar refractivity (Wildman–Crippen MR) is 84.2 cm³/mol. The Kier molecular flexibility index (Phi) is 6.00. The average molecular weight is 380 g/mol. The maximum atomic E-state index is 13.0. The van der Waals surface area contributed by atoms with Gasteiger partial charge in [0, 0.05) is 12.2 Å². The molecule has 1 heterocycles. The molecule has 2 rings (SSSR count). The summed E-state index contributed by atoms with van der Waals surface area (Å²) in [7, 11) is 0. The Morgan fingerprint density at radius 2 is 2.00 bits per heavy atom. The quantitative estimate of drug-likeness (QED) is 0.687. The number of amides is 1. The van der Waals surface area contributed by atoms with Crippen LogP contribution in [0.4, 0.5) is 18.9 Å². The smallest absolute Gasteiger partial charge is 0.376 e. The van der Waals surface area contributed by atoms with Gasteiger partial charge in [0.05, 0.1) is 0 Å². The van der Waals surface area contributed by atoms with Crippen molar-refractivity contribution in [2.75, 3.05) is 18.1 Å². The molecule has 10 heteroatoms. The molecule has 0 aliphatic heterocycles. The van der Waals surface area contributed by atoms with Crippen LogP contribution in [0.1, 0.15) is 18.4 Å². The summed E-state index contributed by atoms with van der Waals surface area (Å²) >= 11 is 5.29. The van der Waals surface area contributed by atoms with Gasteiger partial charge >= 0.3 is 5.38 Å². The lowest BCUT2D eigenvalue weighted by molar-refractivity contribution is -0.120. The molecule has 1 aromatic heterocycles. The molecule has 0 atom stereocenters. The molecule has 0 radical (unpaired) electrons. The van der Waals surface area contributed by atoms with Crippen LogP contribution in [0.5, 0.6) is 5.19 Å². The number of halogens is 4. The Bertz CT molecular complexity index is 691. The standard InChI is InChI=1S/C14H13ClF3N3O2S/c1-2-7-21(10-5-3-9(16)4-6-10)11(22)8-23-13-20-19-12(24-13)14(15,17)18/h3-6H,2,7-8H2,1H3. The number of aromatic nitrogens is 2. The SMILES string of the molecule is CCCN(C(=O)COc1nnc(C(F)(F)Cl)s1)c1ccc(F)cc1. The van der Waals surface area contributed by atoms with Crippen LogP contribution in [0.15, 0.2) is 24.3 Å². The fourth-order valence-electron chi connectivity index (χ4n) is 1.83. The van der Waals surface area contributed by atoms with Crippen LogP contribution in [0.3, 0.4) is 0 Å². The van der Waals surface area contributed by atoms with Crippen LogP contribution in [0, 0.1) is 5.82 Å². The molecule has 2 aromatic rings. The molecule has 0 unspecified atom stereocenters. The van der Waals surface area contributed by atoms with Gasteiger partial charge in [0.25, 0.3) is 11.1 Å². The van der Waals surface area contributed by atoms with Crippen LogP contribution in [-0.4, -0.2) is 29.3 Å². The van der Waals surface area contributed by atoms with Gasteiger partial charge in [-0.25, -0.2) is 4.39 Å². The Hall–Kier alpha value is -1.87. The van der Waals surface area contributed by atoms with E-state index in [-0.39, 0.29) is 5.19 Å². The summed E-state index contributed by atoms with van der Waals surface area (Å²) in [6.45, 7) is 1.86. The van der Waals surface area contributed by atoms with Crippen molar-refractivity contribution in [2.45, 2.75) is 18.7 Å². The second-order valence-electron chi connectivity index (χ2n) is 4.68. The number of benzene rings is 1. The molecular weight excluding hydrogens is 367 g/mol. The Morgan fingerprint density at radius 3 is 2.54 bits per heavy atom. The van der Waals surface area contributed by atoms with Crippen molar-refractivity contribution in [3.05, 3.63) is 35.1 Å². The Labute approximate surface area is 145 Å². The fraction of sp³-hybridized carbons (Fsp3) is 0.357. The highest BCUT2D eigenvalue weighted by atomic mass is 35.5. The Morgan fingerprint density at radius 1 is 1.33 bits per heavy atom. The highest BCUT2D eigenvalue weighted by Crippen LogP contribution is 2.36. The summed E-state index contributed by atoms with van der Waals surface area (Å²) in [4.78, 5) is 13.7. The van der Waals surface area contributed by atoms with Crippen LogP contribution in [0.2, 0.25) is 0 Å². The first-order valence-corrected chi connectivity index (χ1v) is 8.10. The molecule has 0 bridgehead atoms. The molecule has 130 valence electrons. The number of carbonyl (C=O) groups excluding carboxylic acids is 1. The summed E-state index contributed by atoms with van der Waals surface area (Å²) in [5.74, 6) is -0.833. The van der Waals surface area contributed by atoms with Crippen molar-refractivity contribution in [3.63, 3.8) is 0 Å². The van der Waals surface area contributed by atoms with Crippen molar-refractivity contribution in [1.29, 1.82) is 0 Å². The summed E-state index contributed by atoms with van der Waals surface area (Å²) in [6.07, 6.45) is 0.671. The lowest BCUT2D eigenvalue weighted by Crippen LogP contribution is -2.35. The lowest BCUT2D eigenvalue weighted by Gasteiger charge is -2.22. The van der Waals surface area contributed by atoms with Crippen molar-refractivity contribution in [1.82, 2.24) is 10.2 Å². The van der Waals surface area contributed by atoms with E-state index in [1.807, 2.05) is 6.92 Å². The number of hydrogen-bond acceptors (Lipinski definition) is 5. The van der Waals surface area contributed by atoms with E-state index in [0.29, 0.717) is 30.0 Å². The maximum absolute atomic E-state index is 13.0. The lowest BCUT2D eigenvalue weighted by atomic mass is 10.2. The second-order valence-corrected chi connectivity index (χ2v) is 6.10. The molecule has 5 nitrogen and oxygen atoms in total. The van der Waals surface area contributed by atoms with Crippen LogP contribution < -0.4 is 9.64 Å². The number of rotatable bonds is 7. The number of carbonyl (C=O) groups is 1. The van der Waals surface area contributed by atoms with Crippen molar-refractivity contribution < 1.29 is 22.7 Å². The number of ether oxygens (including phenoxy) is 1. The monoisotopic (exact) mass is 379 g/mol. The van der Waals surface area contributed by atoms with Crippen molar-refractivity contribution in [2.24, 2.45) is 0 Å². The van der Waals surface area contributed by atoms with Crippen LogP contribution >= 0.6 is 22.9 Å². The molecule has 0 saturated carbocycles. The van der Waals surface area contributed by atoms with E-state index < -0.39 is 28.7 Å². The third kappa shape index (κ3) is 4.81. The minimum absolute atomic E-state index is 0.186. The zero-order valence-electron chi connectivity index (χ0n) is 12.5. The first-order valence-electron chi connectivity index (χ1n) is 6.90. The number of hydrogen-bond donors (Lipinski definition) is 0. The summed E-state index contributed by atoms with van der Waals surface area (Å²) in [6, 6.07) is 5.43. The molecule has 0 fully saturated rings. The number of alkyl halides is 3. The van der Waals surface area contributed by atoms with Gasteiger partial charge in [-0.2, -0.15) is 8.78 Å². The van der Waals surface area contributed by atoms with E-state index in [9.17, 15) is 18.0 Å². The van der Waals surface area contributed by atoms with Gasteiger partial charge < -0.3 is 9.64 Å². The molecule has 1 amide bonds. The minimum Gasteiger partial charge on any atom is -0.459 e. The van der Waals surface area contributed by atoms with E-state index in [4.69, 9.17) is 16.3 Å². The van der Waals surface area contributed by atoms with Crippen LogP contribution in [-0.2, 0) is 10.2 Å².